The summed E-state index contributed by atoms with van der Waals surface area (Å²) in [5.74, 6) is 0. The largest absolute Gasteiger partial charge is 0.810 e. The number of rotatable bonds is 2. The van der Waals surface area contributed by atoms with Gasteiger partial charge in [-0.15, -0.1) is 0 Å². The van der Waals surface area contributed by atoms with Crippen LogP contribution >= 0.6 is 30.8 Å². The smallest absolute Gasteiger partial charge is 0.0456 e. The first kappa shape index (κ1) is 11.0. The zero-order chi connectivity index (χ0) is 10.1. The summed E-state index contributed by atoms with van der Waals surface area (Å²) in [5, 5.41) is 0.597. The minimum Gasteiger partial charge on any atom is -0.810 e. The molecule has 0 aliphatic rings. The Kier molecular flexibility index (Phi) is 3.38. The van der Waals surface area contributed by atoms with Crippen molar-refractivity contribution in [1.29, 1.82) is 0 Å². The molecule has 1 rings (SSSR count). The summed E-state index contributed by atoms with van der Waals surface area (Å²) in [6.07, 6.45) is -0.580. The summed E-state index contributed by atoms with van der Waals surface area (Å²) in [6.45, 7) is 0. The molecule has 0 aromatic heterocycles. The zero-order valence-electron chi connectivity index (χ0n) is 6.37. The summed E-state index contributed by atoms with van der Waals surface area (Å²) in [4.78, 5) is 20.8. The fourth-order valence-electron chi connectivity index (χ4n) is 0.859. The third-order valence-corrected chi connectivity index (χ3v) is 2.69. The van der Waals surface area contributed by atoms with E-state index in [0.29, 0.717) is 5.02 Å². The van der Waals surface area contributed by atoms with Gasteiger partial charge in [-0.2, -0.15) is 0 Å². The van der Waals surface area contributed by atoms with Crippen LogP contribution in [0.2, 0.25) is 10.0 Å². The Morgan fingerprint density at radius 2 is 1.92 bits per heavy atom. The fourth-order valence-corrected chi connectivity index (χ4v) is 2.12. The summed E-state index contributed by atoms with van der Waals surface area (Å²) >= 11 is 11.2. The van der Waals surface area contributed by atoms with Crippen LogP contribution in [0, 0.1) is 0 Å². The Labute approximate surface area is 85.5 Å². The Morgan fingerprint density at radius 3 is 2.38 bits per heavy atom. The average Bonchev–Trinajstić information content (AvgIpc) is 1.93. The summed E-state index contributed by atoms with van der Waals surface area (Å²) in [5.41, 5.74) is 0.277. The van der Waals surface area contributed by atoms with Gasteiger partial charge in [-0.3, -0.25) is 0 Å². The first-order valence-electron chi connectivity index (χ1n) is 3.33. The van der Waals surface area contributed by atoms with Gasteiger partial charge in [0.15, 0.2) is 0 Å². The minimum atomic E-state index is -4.56. The molecule has 0 radical (unpaired) electrons. The van der Waals surface area contributed by atoms with E-state index in [1.165, 1.54) is 18.2 Å². The van der Waals surface area contributed by atoms with Crippen molar-refractivity contribution >= 4 is 30.8 Å². The van der Waals surface area contributed by atoms with Gasteiger partial charge in [0, 0.05) is 16.2 Å². The van der Waals surface area contributed by atoms with E-state index in [2.05, 4.69) is 0 Å². The SMILES string of the molecule is O=P([O-])([O-])Cc1ccc(Cl)cc1Cl. The molecule has 1 aromatic carbocycles. The lowest BCUT2D eigenvalue weighted by Gasteiger charge is -2.29. The van der Waals surface area contributed by atoms with E-state index in [0.717, 1.165) is 0 Å². The monoisotopic (exact) mass is 238 g/mol. The summed E-state index contributed by atoms with van der Waals surface area (Å²) < 4.78 is 10.4. The molecule has 6 heteroatoms. The second kappa shape index (κ2) is 3.99. The molecule has 0 fully saturated rings. The van der Waals surface area contributed by atoms with Gasteiger partial charge < -0.3 is 14.4 Å². The Balaban J connectivity index is 2.97. The van der Waals surface area contributed by atoms with E-state index in [1.807, 2.05) is 0 Å². The fraction of sp³-hybridized carbons (Fsp3) is 0.143. The van der Waals surface area contributed by atoms with Crippen LogP contribution in [0.3, 0.4) is 0 Å². The van der Waals surface area contributed by atoms with Crippen molar-refractivity contribution in [2.45, 2.75) is 6.16 Å². The number of hydrogen-bond acceptors (Lipinski definition) is 3. The lowest BCUT2D eigenvalue weighted by atomic mass is 10.2. The molecule has 0 bridgehead atoms. The molecule has 13 heavy (non-hydrogen) atoms. The van der Waals surface area contributed by atoms with E-state index in [-0.39, 0.29) is 10.6 Å². The van der Waals surface area contributed by atoms with Gasteiger partial charge in [-0.05, 0) is 17.7 Å². The van der Waals surface area contributed by atoms with E-state index < -0.39 is 13.8 Å². The van der Waals surface area contributed by atoms with Gasteiger partial charge in [0.2, 0.25) is 0 Å². The van der Waals surface area contributed by atoms with Crippen LogP contribution in [0.4, 0.5) is 0 Å². The first-order chi connectivity index (χ1) is 5.88. The second-order valence-corrected chi connectivity index (χ2v) is 4.89. The normalized spacial score (nSPS) is 11.7. The molecule has 0 N–H and O–H groups in total. The number of benzene rings is 1. The maximum absolute atomic E-state index is 10.4. The molecule has 0 amide bonds. The van der Waals surface area contributed by atoms with Crippen LogP contribution in [0.1, 0.15) is 5.56 Å². The highest BCUT2D eigenvalue weighted by atomic mass is 35.5. The molecule has 3 nitrogen and oxygen atoms in total. The van der Waals surface area contributed by atoms with Gasteiger partial charge in [0.1, 0.15) is 0 Å². The summed E-state index contributed by atoms with van der Waals surface area (Å²) in [6, 6.07) is 4.31. The highest BCUT2D eigenvalue weighted by Crippen LogP contribution is 2.33. The molecule has 0 heterocycles. The molecule has 0 saturated heterocycles. The van der Waals surface area contributed by atoms with Crippen molar-refractivity contribution in [3.8, 4) is 0 Å². The quantitative estimate of drug-likeness (QED) is 0.732. The number of halogens is 2. The summed E-state index contributed by atoms with van der Waals surface area (Å²) in [7, 11) is -4.56. The van der Waals surface area contributed by atoms with E-state index in [4.69, 9.17) is 23.2 Å². The predicted molar refractivity (Wildman–Crippen MR) is 47.8 cm³/mol. The lowest BCUT2D eigenvalue weighted by Crippen LogP contribution is -2.15. The maximum Gasteiger partial charge on any atom is 0.0456 e. The van der Waals surface area contributed by atoms with Gasteiger partial charge in [0.25, 0.3) is 0 Å². The van der Waals surface area contributed by atoms with Crippen molar-refractivity contribution in [2.75, 3.05) is 0 Å². The Hall–Kier alpha value is -0.0500. The maximum atomic E-state index is 10.4. The van der Waals surface area contributed by atoms with Crippen molar-refractivity contribution in [1.82, 2.24) is 0 Å². The van der Waals surface area contributed by atoms with Gasteiger partial charge >= 0.3 is 0 Å². The highest BCUT2D eigenvalue weighted by Gasteiger charge is 2.02. The average molecular weight is 239 g/mol. The molecule has 0 spiro atoms. The van der Waals surface area contributed by atoms with Gasteiger partial charge in [0.05, 0.1) is 0 Å². The molecule has 72 valence electrons. The Morgan fingerprint density at radius 1 is 1.31 bits per heavy atom. The number of hydrogen-bond donors (Lipinski definition) is 0. The van der Waals surface area contributed by atoms with Gasteiger partial charge in [-0.25, -0.2) is 0 Å². The molecule has 0 saturated carbocycles. The highest BCUT2D eigenvalue weighted by molar-refractivity contribution is 7.47. The van der Waals surface area contributed by atoms with Crippen LogP contribution < -0.4 is 9.79 Å². The molecule has 0 aliphatic heterocycles. The van der Waals surface area contributed by atoms with Crippen LogP contribution in [-0.4, -0.2) is 0 Å². The third kappa shape index (κ3) is 3.67. The van der Waals surface area contributed by atoms with Gasteiger partial charge in [-0.1, -0.05) is 36.9 Å². The van der Waals surface area contributed by atoms with Crippen LogP contribution in [0.5, 0.6) is 0 Å². The topological polar surface area (TPSA) is 63.2 Å². The van der Waals surface area contributed by atoms with E-state index >= 15 is 0 Å². The third-order valence-electron chi connectivity index (χ3n) is 1.38. The van der Waals surface area contributed by atoms with Crippen molar-refractivity contribution < 1.29 is 14.4 Å². The molecule has 0 unspecified atom stereocenters. The first-order valence-corrected chi connectivity index (χ1v) is 5.82. The standard InChI is InChI=1S/C7H7Cl2O3P/c8-6-2-1-5(7(9)3-6)4-13(10,11)12/h1-3H,4H2,(H2,10,11,12)/p-2. The molecule has 0 atom stereocenters. The molecular weight excluding hydrogens is 234 g/mol. The van der Waals surface area contributed by atoms with Crippen LogP contribution in [-0.2, 0) is 10.7 Å². The van der Waals surface area contributed by atoms with Crippen molar-refractivity contribution in [3.05, 3.63) is 33.8 Å². The molecule has 1 aromatic rings. The van der Waals surface area contributed by atoms with Crippen LogP contribution in [0.25, 0.3) is 0 Å². The minimum absolute atomic E-state index is 0.194. The Bertz CT molecular complexity index is 361. The van der Waals surface area contributed by atoms with E-state index in [9.17, 15) is 14.4 Å². The molecule has 0 aliphatic carbocycles. The second-order valence-electron chi connectivity index (χ2n) is 2.50. The van der Waals surface area contributed by atoms with Crippen molar-refractivity contribution in [3.63, 3.8) is 0 Å². The molecular formula is C7H5Cl2O3P-2. The van der Waals surface area contributed by atoms with Crippen LogP contribution in [0.15, 0.2) is 18.2 Å². The van der Waals surface area contributed by atoms with E-state index in [1.54, 1.807) is 0 Å². The lowest BCUT2D eigenvalue weighted by molar-refractivity contribution is -0.314. The zero-order valence-corrected chi connectivity index (χ0v) is 8.77. The predicted octanol–water partition coefficient (Wildman–Crippen LogP) is 1.41. The van der Waals surface area contributed by atoms with Crippen molar-refractivity contribution in [2.24, 2.45) is 0 Å².